The Hall–Kier alpha value is -2.76. The number of hydrogen-bond donors (Lipinski definition) is 1. The van der Waals surface area contributed by atoms with E-state index in [-0.39, 0.29) is 11.7 Å². The smallest absolute Gasteiger partial charge is 0.262 e. The van der Waals surface area contributed by atoms with Gasteiger partial charge in [-0.15, -0.1) is 0 Å². The van der Waals surface area contributed by atoms with Gasteiger partial charge in [0.1, 0.15) is 11.8 Å². The van der Waals surface area contributed by atoms with E-state index in [2.05, 4.69) is 18.8 Å². The predicted molar refractivity (Wildman–Crippen MR) is 109 cm³/mol. The highest BCUT2D eigenvalue weighted by Crippen LogP contribution is 2.29. The summed E-state index contributed by atoms with van der Waals surface area (Å²) in [5.74, 6) is -1.02. The topological polar surface area (TPSA) is 83.6 Å². The van der Waals surface area contributed by atoms with Crippen LogP contribution in [0.5, 0.6) is 0 Å². The molecule has 2 heterocycles. The molecule has 1 fully saturated rings. The van der Waals surface area contributed by atoms with Crippen LogP contribution in [-0.2, 0) is 16.0 Å². The monoisotopic (exact) mass is 396 g/mol. The Kier molecular flexibility index (Phi) is 6.62. The molecule has 0 spiro atoms. The minimum atomic E-state index is -0.805. The van der Waals surface area contributed by atoms with Crippen LogP contribution >= 0.6 is 0 Å². The van der Waals surface area contributed by atoms with Gasteiger partial charge in [0.25, 0.3) is 11.8 Å². The first kappa shape index (κ1) is 21.0. The van der Waals surface area contributed by atoms with Crippen molar-refractivity contribution < 1.29 is 19.2 Å². The van der Waals surface area contributed by atoms with Crippen molar-refractivity contribution in [1.29, 1.82) is 0 Å². The summed E-state index contributed by atoms with van der Waals surface area (Å²) >= 11 is 0. The number of allylic oxidation sites excluding steroid dienone is 1. The first-order valence-corrected chi connectivity index (χ1v) is 10.4. The standard InChI is InChI=1S/C23H28N2O4/c1-3-4-5-6-7-17(26)11-9-16-10-12-18-19(14-16)23(29)25(22(18)28)20-13-8-15(2)24-21(20)27/h10,12,14,20H,2-9,11,13H2,1H3,(H,24,27). The van der Waals surface area contributed by atoms with Crippen LogP contribution in [0.3, 0.4) is 0 Å². The molecule has 1 unspecified atom stereocenters. The summed E-state index contributed by atoms with van der Waals surface area (Å²) in [6.07, 6.45) is 6.80. The summed E-state index contributed by atoms with van der Waals surface area (Å²) < 4.78 is 0. The van der Waals surface area contributed by atoms with Crippen LogP contribution in [0.15, 0.2) is 30.5 Å². The maximum absolute atomic E-state index is 12.9. The van der Waals surface area contributed by atoms with Gasteiger partial charge >= 0.3 is 0 Å². The number of rotatable bonds is 9. The molecule has 29 heavy (non-hydrogen) atoms. The zero-order valence-corrected chi connectivity index (χ0v) is 17.0. The molecule has 1 atom stereocenters. The van der Waals surface area contributed by atoms with Gasteiger partial charge in [-0.05, 0) is 43.4 Å². The average molecular weight is 396 g/mol. The Bertz CT molecular complexity index is 858. The molecule has 1 saturated heterocycles. The highest BCUT2D eigenvalue weighted by atomic mass is 16.2. The number of nitrogens with one attached hydrogen (secondary N) is 1. The fourth-order valence-electron chi connectivity index (χ4n) is 3.91. The second kappa shape index (κ2) is 9.16. The first-order valence-electron chi connectivity index (χ1n) is 10.4. The van der Waals surface area contributed by atoms with Crippen LogP contribution in [0.1, 0.15) is 84.6 Å². The Morgan fingerprint density at radius 2 is 1.86 bits per heavy atom. The van der Waals surface area contributed by atoms with Crippen LogP contribution in [-0.4, -0.2) is 34.4 Å². The number of aryl methyl sites for hydroxylation is 1. The third-order valence-electron chi connectivity index (χ3n) is 5.62. The molecule has 154 valence electrons. The van der Waals surface area contributed by atoms with Crippen LogP contribution < -0.4 is 5.32 Å². The van der Waals surface area contributed by atoms with E-state index in [0.29, 0.717) is 48.9 Å². The van der Waals surface area contributed by atoms with Crippen molar-refractivity contribution in [1.82, 2.24) is 10.2 Å². The molecule has 2 aliphatic heterocycles. The molecular weight excluding hydrogens is 368 g/mol. The second-order valence-electron chi connectivity index (χ2n) is 7.86. The van der Waals surface area contributed by atoms with E-state index in [1.54, 1.807) is 18.2 Å². The lowest BCUT2D eigenvalue weighted by molar-refractivity contribution is -0.125. The number of benzene rings is 1. The maximum atomic E-state index is 12.9. The number of carbonyl (C=O) groups is 4. The summed E-state index contributed by atoms with van der Waals surface area (Å²) in [4.78, 5) is 51.0. The first-order chi connectivity index (χ1) is 13.9. The van der Waals surface area contributed by atoms with Crippen LogP contribution in [0.25, 0.3) is 0 Å². The third-order valence-corrected chi connectivity index (χ3v) is 5.62. The highest BCUT2D eigenvalue weighted by Gasteiger charge is 2.43. The largest absolute Gasteiger partial charge is 0.329 e. The number of amides is 3. The normalized spacial score (nSPS) is 18.8. The number of Topliss-reactive ketones (excluding diaryl/α,β-unsaturated/α-hetero) is 1. The molecule has 0 radical (unpaired) electrons. The van der Waals surface area contributed by atoms with Crippen molar-refractivity contribution in [2.24, 2.45) is 0 Å². The number of unbranched alkanes of at least 4 members (excludes halogenated alkanes) is 3. The van der Waals surface area contributed by atoms with Gasteiger partial charge in [-0.1, -0.05) is 38.8 Å². The number of hydrogen-bond acceptors (Lipinski definition) is 4. The summed E-state index contributed by atoms with van der Waals surface area (Å²) in [7, 11) is 0. The molecule has 3 rings (SSSR count). The average Bonchev–Trinajstić information content (AvgIpc) is 2.94. The number of carbonyl (C=O) groups excluding carboxylic acids is 4. The van der Waals surface area contributed by atoms with E-state index < -0.39 is 17.9 Å². The Balaban J connectivity index is 1.64. The molecule has 2 aliphatic rings. The molecule has 1 N–H and O–H groups in total. The summed E-state index contributed by atoms with van der Waals surface area (Å²) in [6, 6.07) is 4.32. The molecule has 3 amide bonds. The van der Waals surface area contributed by atoms with Crippen molar-refractivity contribution >= 4 is 23.5 Å². The second-order valence-corrected chi connectivity index (χ2v) is 7.86. The molecule has 0 saturated carbocycles. The zero-order valence-electron chi connectivity index (χ0n) is 17.0. The van der Waals surface area contributed by atoms with Gasteiger partial charge < -0.3 is 5.32 Å². The lowest BCUT2D eigenvalue weighted by Gasteiger charge is -2.29. The van der Waals surface area contributed by atoms with Crippen molar-refractivity contribution in [2.75, 3.05) is 0 Å². The summed E-state index contributed by atoms with van der Waals surface area (Å²) in [5, 5.41) is 2.63. The number of ketones is 1. The van der Waals surface area contributed by atoms with Gasteiger partial charge in [0, 0.05) is 18.5 Å². The molecule has 1 aromatic rings. The van der Waals surface area contributed by atoms with E-state index in [9.17, 15) is 19.2 Å². The van der Waals surface area contributed by atoms with Gasteiger partial charge in [0.2, 0.25) is 5.91 Å². The Morgan fingerprint density at radius 1 is 1.10 bits per heavy atom. The van der Waals surface area contributed by atoms with E-state index in [4.69, 9.17) is 0 Å². The van der Waals surface area contributed by atoms with E-state index >= 15 is 0 Å². The van der Waals surface area contributed by atoms with E-state index in [1.165, 1.54) is 0 Å². The SMILES string of the molecule is C=C1CCC(N2C(=O)c3ccc(CCC(=O)CCCCCC)cc3C2=O)C(=O)N1. The van der Waals surface area contributed by atoms with Gasteiger partial charge in [0.15, 0.2) is 0 Å². The Morgan fingerprint density at radius 3 is 2.59 bits per heavy atom. The van der Waals surface area contributed by atoms with Crippen molar-refractivity contribution in [3.05, 3.63) is 47.2 Å². The number of nitrogens with zero attached hydrogens (tertiary/aromatic N) is 1. The predicted octanol–water partition coefficient (Wildman–Crippen LogP) is 3.55. The fourth-order valence-corrected chi connectivity index (χ4v) is 3.91. The highest BCUT2D eigenvalue weighted by molar-refractivity contribution is 6.23. The Labute approximate surface area is 171 Å². The minimum absolute atomic E-state index is 0.227. The van der Waals surface area contributed by atoms with Crippen molar-refractivity contribution in [3.8, 4) is 0 Å². The summed E-state index contributed by atoms with van der Waals surface area (Å²) in [5.41, 5.74) is 2.10. The quantitative estimate of drug-likeness (QED) is 0.511. The fraction of sp³-hybridized carbons (Fsp3) is 0.478. The molecule has 0 aliphatic carbocycles. The molecule has 6 heteroatoms. The molecule has 1 aromatic carbocycles. The minimum Gasteiger partial charge on any atom is -0.329 e. The maximum Gasteiger partial charge on any atom is 0.262 e. The third kappa shape index (κ3) is 4.63. The van der Waals surface area contributed by atoms with Crippen LogP contribution in [0, 0.1) is 0 Å². The van der Waals surface area contributed by atoms with Crippen LogP contribution in [0.2, 0.25) is 0 Å². The lowest BCUT2D eigenvalue weighted by Crippen LogP contribution is -2.51. The lowest BCUT2D eigenvalue weighted by atomic mass is 10.00. The van der Waals surface area contributed by atoms with Gasteiger partial charge in [0.05, 0.1) is 11.1 Å². The van der Waals surface area contributed by atoms with Crippen molar-refractivity contribution in [2.45, 2.75) is 70.8 Å². The summed E-state index contributed by atoms with van der Waals surface area (Å²) in [6.45, 7) is 5.87. The van der Waals surface area contributed by atoms with Crippen molar-refractivity contribution in [3.63, 3.8) is 0 Å². The molecule has 0 bridgehead atoms. The van der Waals surface area contributed by atoms with Gasteiger partial charge in [-0.2, -0.15) is 0 Å². The van der Waals surface area contributed by atoms with Gasteiger partial charge in [-0.3, -0.25) is 24.1 Å². The van der Waals surface area contributed by atoms with E-state index in [1.807, 2.05) is 0 Å². The number of fused-ring (bicyclic) bond motifs is 1. The van der Waals surface area contributed by atoms with E-state index in [0.717, 1.165) is 36.1 Å². The molecule has 0 aromatic heterocycles. The number of imide groups is 1. The van der Waals surface area contributed by atoms with Crippen LogP contribution in [0.4, 0.5) is 0 Å². The molecule has 6 nitrogen and oxygen atoms in total. The molecular formula is C23H28N2O4. The van der Waals surface area contributed by atoms with Gasteiger partial charge in [-0.25, -0.2) is 0 Å². The zero-order chi connectivity index (χ0) is 21.0. The number of piperidine rings is 1.